The van der Waals surface area contributed by atoms with Crippen molar-refractivity contribution < 1.29 is 0 Å². The zero-order chi connectivity index (χ0) is 14.8. The number of benzene rings is 2. The van der Waals surface area contributed by atoms with Crippen LogP contribution < -0.4 is 5.32 Å². The Morgan fingerprint density at radius 1 is 1.14 bits per heavy atom. The van der Waals surface area contributed by atoms with Gasteiger partial charge in [-0.3, -0.25) is 0 Å². The third-order valence-corrected chi connectivity index (χ3v) is 4.60. The quantitative estimate of drug-likeness (QED) is 0.643. The van der Waals surface area contributed by atoms with Crippen LogP contribution in [0.5, 0.6) is 0 Å². The van der Waals surface area contributed by atoms with Crippen molar-refractivity contribution in [3.63, 3.8) is 0 Å². The highest BCUT2D eigenvalue weighted by Crippen LogP contribution is 2.27. The molecule has 0 aliphatic rings. The third kappa shape index (κ3) is 2.99. The molecule has 0 aliphatic carbocycles. The summed E-state index contributed by atoms with van der Waals surface area (Å²) in [4.78, 5) is 4.72. The molecule has 0 radical (unpaired) electrons. The number of aromatic nitrogens is 2. The summed E-state index contributed by atoms with van der Waals surface area (Å²) >= 11 is 7.06. The molecule has 0 bridgehead atoms. The molecule has 3 aromatic rings. The minimum atomic E-state index is 0.692. The number of hydrogen-bond donors (Lipinski definition) is 1. The Bertz CT molecular complexity index is 780. The fourth-order valence-electron chi connectivity index (χ4n) is 2.42. The molecule has 3 nitrogen and oxygen atoms in total. The van der Waals surface area contributed by atoms with E-state index in [9.17, 15) is 0 Å². The first-order valence-electron chi connectivity index (χ1n) is 6.82. The number of rotatable bonds is 4. The summed E-state index contributed by atoms with van der Waals surface area (Å²) in [6.45, 7) is 3.75. The number of nitrogens with one attached hydrogen (secondary N) is 1. The third-order valence-electron chi connectivity index (χ3n) is 3.42. The Morgan fingerprint density at radius 3 is 2.76 bits per heavy atom. The fraction of sp³-hybridized carbons (Fsp3) is 0.188. The lowest BCUT2D eigenvalue weighted by Crippen LogP contribution is -2.08. The van der Waals surface area contributed by atoms with Crippen molar-refractivity contribution >= 4 is 48.6 Å². The molecule has 3 rings (SSSR count). The lowest BCUT2D eigenvalue weighted by Gasteiger charge is -2.10. The van der Waals surface area contributed by atoms with Crippen LogP contribution in [0.4, 0.5) is 5.69 Å². The molecular weight excluding hydrogens is 394 g/mol. The van der Waals surface area contributed by atoms with E-state index in [-0.39, 0.29) is 0 Å². The van der Waals surface area contributed by atoms with Gasteiger partial charge in [-0.15, -0.1) is 0 Å². The second kappa shape index (κ2) is 6.20. The van der Waals surface area contributed by atoms with Gasteiger partial charge in [0.05, 0.1) is 17.6 Å². The second-order valence-corrected chi connectivity index (χ2v) is 6.51. The number of imidazole rings is 1. The lowest BCUT2D eigenvalue weighted by molar-refractivity contribution is 0.729. The highest BCUT2D eigenvalue weighted by molar-refractivity contribution is 9.11. The fourth-order valence-corrected chi connectivity index (χ4v) is 3.17. The molecule has 0 amide bonds. The highest BCUT2D eigenvalue weighted by atomic mass is 79.9. The van der Waals surface area contributed by atoms with E-state index in [2.05, 4.69) is 72.9 Å². The molecule has 0 atom stereocenters. The van der Waals surface area contributed by atoms with E-state index in [1.165, 1.54) is 5.52 Å². The number of aryl methyl sites for hydroxylation is 1. The predicted molar refractivity (Wildman–Crippen MR) is 94.6 cm³/mol. The number of anilines is 1. The van der Waals surface area contributed by atoms with Gasteiger partial charge in [-0.25, -0.2) is 4.98 Å². The average Bonchev–Trinajstić information content (AvgIpc) is 2.85. The van der Waals surface area contributed by atoms with Crippen LogP contribution in [0.3, 0.4) is 0 Å². The van der Waals surface area contributed by atoms with Crippen LogP contribution in [-0.4, -0.2) is 9.55 Å². The number of nitrogens with zero attached hydrogens (tertiary/aromatic N) is 2. The summed E-state index contributed by atoms with van der Waals surface area (Å²) in [7, 11) is 0. The van der Waals surface area contributed by atoms with Crippen LogP contribution in [0.2, 0.25) is 0 Å². The number of halogens is 2. The van der Waals surface area contributed by atoms with Crippen LogP contribution in [0.15, 0.2) is 51.4 Å². The standard InChI is InChI=1S/C16H15Br2N3/c1-2-21-15-6-4-3-5-13(15)20-16(21)10-19-14-9-11(17)7-8-12(14)18/h3-9,19H,2,10H2,1H3. The Hall–Kier alpha value is -1.33. The van der Waals surface area contributed by atoms with Crippen molar-refractivity contribution in [1.82, 2.24) is 9.55 Å². The first kappa shape index (κ1) is 14.6. The van der Waals surface area contributed by atoms with Gasteiger partial charge < -0.3 is 9.88 Å². The van der Waals surface area contributed by atoms with Crippen molar-refractivity contribution in [1.29, 1.82) is 0 Å². The molecule has 108 valence electrons. The van der Waals surface area contributed by atoms with Crippen molar-refractivity contribution in [2.24, 2.45) is 0 Å². The second-order valence-electron chi connectivity index (χ2n) is 4.74. The molecule has 1 heterocycles. The number of para-hydroxylation sites is 2. The molecule has 0 aliphatic heterocycles. The summed E-state index contributed by atoms with van der Waals surface area (Å²) in [5.41, 5.74) is 3.29. The topological polar surface area (TPSA) is 29.9 Å². The van der Waals surface area contributed by atoms with E-state index in [4.69, 9.17) is 4.98 Å². The first-order valence-corrected chi connectivity index (χ1v) is 8.40. The van der Waals surface area contributed by atoms with Gasteiger partial charge in [-0.05, 0) is 53.2 Å². The van der Waals surface area contributed by atoms with Crippen molar-refractivity contribution in [2.45, 2.75) is 20.0 Å². The summed E-state index contributed by atoms with van der Waals surface area (Å²) < 4.78 is 4.34. The van der Waals surface area contributed by atoms with Crippen LogP contribution in [-0.2, 0) is 13.1 Å². The van der Waals surface area contributed by atoms with Crippen LogP contribution in [0.25, 0.3) is 11.0 Å². The predicted octanol–water partition coefficient (Wildman–Crippen LogP) is 5.19. The van der Waals surface area contributed by atoms with Crippen LogP contribution >= 0.6 is 31.9 Å². The Labute approximate surface area is 140 Å². The average molecular weight is 409 g/mol. The minimum Gasteiger partial charge on any atom is -0.377 e. The minimum absolute atomic E-state index is 0.692. The van der Waals surface area contributed by atoms with Gasteiger partial charge in [-0.2, -0.15) is 0 Å². The van der Waals surface area contributed by atoms with Crippen molar-refractivity contribution in [2.75, 3.05) is 5.32 Å². The highest BCUT2D eigenvalue weighted by Gasteiger charge is 2.09. The summed E-state index contributed by atoms with van der Waals surface area (Å²) in [6.07, 6.45) is 0. The molecule has 21 heavy (non-hydrogen) atoms. The Balaban J connectivity index is 1.89. The van der Waals surface area contributed by atoms with Gasteiger partial charge in [0.15, 0.2) is 0 Å². The van der Waals surface area contributed by atoms with Gasteiger partial charge in [-0.1, -0.05) is 28.1 Å². The van der Waals surface area contributed by atoms with Gasteiger partial charge >= 0.3 is 0 Å². The molecule has 2 aromatic carbocycles. The molecule has 0 fully saturated rings. The summed E-state index contributed by atoms with van der Waals surface area (Å²) in [5, 5.41) is 3.45. The number of hydrogen-bond acceptors (Lipinski definition) is 2. The van der Waals surface area contributed by atoms with E-state index in [1.807, 2.05) is 18.2 Å². The lowest BCUT2D eigenvalue weighted by atomic mass is 10.3. The Kier molecular flexibility index (Phi) is 4.31. The molecule has 0 saturated heterocycles. The first-order chi connectivity index (χ1) is 10.2. The molecule has 1 aromatic heterocycles. The summed E-state index contributed by atoms with van der Waals surface area (Å²) in [5.74, 6) is 1.05. The molecule has 0 saturated carbocycles. The van der Waals surface area contributed by atoms with Gasteiger partial charge in [0, 0.05) is 21.2 Å². The van der Waals surface area contributed by atoms with Crippen molar-refractivity contribution in [3.8, 4) is 0 Å². The maximum absolute atomic E-state index is 4.72. The normalized spacial score (nSPS) is 11.0. The number of fused-ring (bicyclic) bond motifs is 1. The molecule has 0 spiro atoms. The van der Waals surface area contributed by atoms with Crippen LogP contribution in [0.1, 0.15) is 12.7 Å². The monoisotopic (exact) mass is 407 g/mol. The molecular formula is C16H15Br2N3. The van der Waals surface area contributed by atoms with Crippen LogP contribution in [0, 0.1) is 0 Å². The molecule has 1 N–H and O–H groups in total. The Morgan fingerprint density at radius 2 is 1.95 bits per heavy atom. The van der Waals surface area contributed by atoms with Crippen molar-refractivity contribution in [3.05, 3.63) is 57.2 Å². The van der Waals surface area contributed by atoms with Gasteiger partial charge in [0.25, 0.3) is 0 Å². The zero-order valence-corrected chi connectivity index (χ0v) is 14.8. The van der Waals surface area contributed by atoms with E-state index in [0.29, 0.717) is 6.54 Å². The molecule has 0 unspecified atom stereocenters. The zero-order valence-electron chi connectivity index (χ0n) is 11.6. The SMILES string of the molecule is CCn1c(CNc2cc(Br)ccc2Br)nc2ccccc21. The van der Waals surface area contributed by atoms with E-state index < -0.39 is 0 Å². The maximum Gasteiger partial charge on any atom is 0.129 e. The summed E-state index contributed by atoms with van der Waals surface area (Å²) in [6, 6.07) is 14.3. The van der Waals surface area contributed by atoms with Gasteiger partial charge in [0.2, 0.25) is 0 Å². The van der Waals surface area contributed by atoms with Gasteiger partial charge in [0.1, 0.15) is 5.82 Å². The largest absolute Gasteiger partial charge is 0.377 e. The maximum atomic E-state index is 4.72. The molecule has 5 heteroatoms. The smallest absolute Gasteiger partial charge is 0.129 e. The van der Waals surface area contributed by atoms with E-state index >= 15 is 0 Å². The van der Waals surface area contributed by atoms with E-state index in [0.717, 1.165) is 32.5 Å². The van der Waals surface area contributed by atoms with E-state index in [1.54, 1.807) is 0 Å².